The summed E-state index contributed by atoms with van der Waals surface area (Å²) in [5.41, 5.74) is 0.542. The summed E-state index contributed by atoms with van der Waals surface area (Å²) in [5.74, 6) is -2.50. The average molecular weight is 500 g/mol. The first-order valence-electron chi connectivity index (χ1n) is 10.2. The maximum absolute atomic E-state index is 13.3. The molecule has 1 N–H and O–H groups in total. The van der Waals surface area contributed by atoms with Crippen LogP contribution in [0.2, 0.25) is 0 Å². The summed E-state index contributed by atoms with van der Waals surface area (Å²) in [4.78, 5) is 50.9. The number of furan rings is 1. The van der Waals surface area contributed by atoms with Gasteiger partial charge >= 0.3 is 5.88 Å². The molecule has 5 unspecified atom stereocenters. The van der Waals surface area contributed by atoms with Crippen LogP contribution < -0.4 is 5.32 Å². The molecule has 3 amide bonds. The van der Waals surface area contributed by atoms with Crippen LogP contribution in [0.4, 0.5) is 11.6 Å². The SMILES string of the molecule is O=C(CC(c1ccc([N+](=O)[O-])o1)N1C(=O)C2C3C=CC(C3)C2C1=O)Nc1ccc(Br)cc1. The summed E-state index contributed by atoms with van der Waals surface area (Å²) in [6, 6.07) is 8.37. The van der Waals surface area contributed by atoms with Crippen molar-refractivity contribution in [2.45, 2.75) is 18.9 Å². The van der Waals surface area contributed by atoms with Crippen molar-refractivity contribution in [2.24, 2.45) is 23.7 Å². The minimum Gasteiger partial charge on any atom is -0.404 e. The van der Waals surface area contributed by atoms with Gasteiger partial charge in [-0.25, -0.2) is 0 Å². The number of allylic oxidation sites excluding steroid dienone is 2. The summed E-state index contributed by atoms with van der Waals surface area (Å²) >= 11 is 3.33. The Kier molecular flexibility index (Phi) is 4.96. The predicted octanol–water partition coefficient (Wildman–Crippen LogP) is 3.83. The normalized spacial score (nSPS) is 26.5. The number of nitrogens with one attached hydrogen (secondary N) is 1. The fraction of sp³-hybridized carbons (Fsp3) is 0.318. The van der Waals surface area contributed by atoms with Gasteiger partial charge in [0.1, 0.15) is 16.7 Å². The Hall–Kier alpha value is -3.27. The van der Waals surface area contributed by atoms with Gasteiger partial charge in [0.05, 0.1) is 24.3 Å². The maximum atomic E-state index is 13.3. The first kappa shape index (κ1) is 20.6. The quantitative estimate of drug-likeness (QED) is 0.279. The van der Waals surface area contributed by atoms with E-state index >= 15 is 0 Å². The van der Waals surface area contributed by atoms with Gasteiger partial charge in [-0.3, -0.25) is 29.4 Å². The van der Waals surface area contributed by atoms with Crippen LogP contribution in [0.1, 0.15) is 24.6 Å². The van der Waals surface area contributed by atoms with Crippen LogP contribution in [0.3, 0.4) is 0 Å². The van der Waals surface area contributed by atoms with E-state index in [1.807, 2.05) is 12.2 Å². The monoisotopic (exact) mass is 499 g/mol. The molecule has 5 atom stereocenters. The lowest BCUT2D eigenvalue weighted by atomic mass is 9.85. The van der Waals surface area contributed by atoms with E-state index in [-0.39, 0.29) is 35.8 Å². The first-order valence-corrected chi connectivity index (χ1v) is 11.0. The van der Waals surface area contributed by atoms with Gasteiger partial charge < -0.3 is 9.73 Å². The van der Waals surface area contributed by atoms with E-state index in [1.54, 1.807) is 24.3 Å². The third kappa shape index (κ3) is 3.35. The van der Waals surface area contributed by atoms with Gasteiger partial charge in [0.15, 0.2) is 0 Å². The number of imide groups is 1. The molecular formula is C22H18BrN3O6. The number of hydrogen-bond donors (Lipinski definition) is 1. The van der Waals surface area contributed by atoms with Gasteiger partial charge in [0, 0.05) is 10.2 Å². The Balaban J connectivity index is 1.44. The highest BCUT2D eigenvalue weighted by Gasteiger charge is 2.61. The number of hydrogen-bond acceptors (Lipinski definition) is 6. The van der Waals surface area contributed by atoms with Crippen molar-refractivity contribution in [3.8, 4) is 0 Å². The largest absolute Gasteiger partial charge is 0.433 e. The number of likely N-dealkylation sites (tertiary alicyclic amines) is 1. The first-order chi connectivity index (χ1) is 15.3. The summed E-state index contributed by atoms with van der Waals surface area (Å²) in [6.07, 6.45) is 4.46. The van der Waals surface area contributed by atoms with Gasteiger partial charge in [-0.15, -0.1) is 0 Å². The third-order valence-electron chi connectivity index (χ3n) is 6.44. The molecule has 2 aliphatic carbocycles. The molecule has 9 nitrogen and oxygen atoms in total. The Morgan fingerprint density at radius 3 is 2.31 bits per heavy atom. The molecule has 2 aromatic rings. The Morgan fingerprint density at radius 2 is 1.75 bits per heavy atom. The molecule has 1 aromatic carbocycles. The standard InChI is InChI=1S/C22H18BrN3O6/c23-13-3-5-14(6-4-13)24-17(27)10-15(16-7-8-18(32-16)26(30)31)25-21(28)19-11-1-2-12(9-11)20(19)22(25)29/h1-8,11-12,15,19-20H,9-10H2,(H,24,27). The minimum atomic E-state index is -1.07. The van der Waals surface area contributed by atoms with E-state index in [0.29, 0.717) is 5.69 Å². The van der Waals surface area contributed by atoms with Crippen LogP contribution >= 0.6 is 15.9 Å². The second kappa shape index (κ2) is 7.70. The number of rotatable bonds is 6. The molecule has 5 rings (SSSR count). The van der Waals surface area contributed by atoms with E-state index in [9.17, 15) is 24.5 Å². The zero-order valence-electron chi connectivity index (χ0n) is 16.6. The van der Waals surface area contributed by atoms with Crippen molar-refractivity contribution in [1.29, 1.82) is 0 Å². The molecule has 3 aliphatic rings. The topological polar surface area (TPSA) is 123 Å². The van der Waals surface area contributed by atoms with E-state index in [4.69, 9.17) is 4.42 Å². The molecule has 164 valence electrons. The van der Waals surface area contributed by atoms with Crippen molar-refractivity contribution in [3.05, 3.63) is 68.9 Å². The minimum absolute atomic E-state index is 0.00892. The van der Waals surface area contributed by atoms with Gasteiger partial charge in [-0.05, 0) is 48.6 Å². The maximum Gasteiger partial charge on any atom is 0.433 e. The smallest absolute Gasteiger partial charge is 0.404 e. The number of nitro groups is 1. The number of benzene rings is 1. The van der Waals surface area contributed by atoms with Crippen molar-refractivity contribution in [2.75, 3.05) is 5.32 Å². The van der Waals surface area contributed by atoms with Gasteiger partial charge in [-0.1, -0.05) is 28.1 Å². The summed E-state index contributed by atoms with van der Waals surface area (Å²) in [7, 11) is 0. The van der Waals surface area contributed by atoms with E-state index in [2.05, 4.69) is 21.2 Å². The molecule has 1 saturated heterocycles. The lowest BCUT2D eigenvalue weighted by molar-refractivity contribution is -0.402. The molecule has 1 aromatic heterocycles. The Labute approximate surface area is 190 Å². The van der Waals surface area contributed by atoms with Crippen LogP contribution in [0.5, 0.6) is 0 Å². The highest BCUT2D eigenvalue weighted by atomic mass is 79.9. The zero-order chi connectivity index (χ0) is 22.6. The van der Waals surface area contributed by atoms with Crippen LogP contribution in [-0.2, 0) is 14.4 Å². The lowest BCUT2D eigenvalue weighted by Gasteiger charge is -2.25. The van der Waals surface area contributed by atoms with Gasteiger partial charge in [0.25, 0.3) is 0 Å². The number of halogens is 1. The fourth-order valence-corrected chi connectivity index (χ4v) is 5.36. The number of amides is 3. The highest BCUT2D eigenvalue weighted by Crippen LogP contribution is 2.54. The second-order valence-electron chi connectivity index (χ2n) is 8.25. The molecule has 32 heavy (non-hydrogen) atoms. The van der Waals surface area contributed by atoms with Gasteiger partial charge in [-0.2, -0.15) is 0 Å². The fourth-order valence-electron chi connectivity index (χ4n) is 5.09. The molecule has 2 heterocycles. The number of fused-ring (bicyclic) bond motifs is 5. The Bertz CT molecular complexity index is 1130. The second-order valence-corrected chi connectivity index (χ2v) is 9.17. The van der Waals surface area contributed by atoms with Crippen molar-refractivity contribution in [3.63, 3.8) is 0 Å². The zero-order valence-corrected chi connectivity index (χ0v) is 18.2. The molecular weight excluding hydrogens is 482 g/mol. The molecule has 2 fully saturated rings. The van der Waals surface area contributed by atoms with E-state index < -0.39 is 34.6 Å². The van der Waals surface area contributed by atoms with Crippen molar-refractivity contribution in [1.82, 2.24) is 4.90 Å². The Morgan fingerprint density at radius 1 is 1.12 bits per heavy atom. The average Bonchev–Trinajstić information content (AvgIpc) is 3.53. The van der Waals surface area contributed by atoms with Gasteiger partial charge in [0.2, 0.25) is 17.7 Å². The summed E-state index contributed by atoms with van der Waals surface area (Å²) < 4.78 is 6.17. The molecule has 10 heteroatoms. The number of carbonyl (C=O) groups is 3. The third-order valence-corrected chi connectivity index (χ3v) is 6.97. The van der Waals surface area contributed by atoms with Crippen LogP contribution in [-0.4, -0.2) is 27.5 Å². The van der Waals surface area contributed by atoms with Crippen LogP contribution in [0.15, 0.2) is 57.4 Å². The predicted molar refractivity (Wildman–Crippen MR) is 115 cm³/mol. The van der Waals surface area contributed by atoms with Crippen LogP contribution in [0, 0.1) is 33.8 Å². The number of anilines is 1. The summed E-state index contributed by atoms with van der Waals surface area (Å²) in [5, 5.41) is 13.8. The van der Waals surface area contributed by atoms with Crippen molar-refractivity contribution >= 4 is 45.2 Å². The van der Waals surface area contributed by atoms with E-state index in [0.717, 1.165) is 21.9 Å². The molecule has 0 spiro atoms. The summed E-state index contributed by atoms with van der Waals surface area (Å²) in [6.45, 7) is 0. The molecule has 0 radical (unpaired) electrons. The van der Waals surface area contributed by atoms with Crippen molar-refractivity contribution < 1.29 is 23.7 Å². The van der Waals surface area contributed by atoms with Crippen LogP contribution in [0.25, 0.3) is 0 Å². The number of nitrogens with zero attached hydrogens (tertiary/aromatic N) is 2. The van der Waals surface area contributed by atoms with E-state index in [1.165, 1.54) is 6.07 Å². The molecule has 1 saturated carbocycles. The lowest BCUT2D eigenvalue weighted by Crippen LogP contribution is -2.38. The molecule has 1 aliphatic heterocycles. The number of carbonyl (C=O) groups excluding carboxylic acids is 3. The molecule has 2 bridgehead atoms. The highest BCUT2D eigenvalue weighted by molar-refractivity contribution is 9.10.